The molecule has 0 N–H and O–H groups in total. The maximum absolute atomic E-state index is 12.7. The van der Waals surface area contributed by atoms with E-state index in [9.17, 15) is 9.59 Å². The molecule has 1 aliphatic carbocycles. The molecule has 0 unspecified atom stereocenters. The second-order valence-electron chi connectivity index (χ2n) is 5.57. The van der Waals surface area contributed by atoms with Gasteiger partial charge in [-0.05, 0) is 36.1 Å². The van der Waals surface area contributed by atoms with Crippen LogP contribution in [0.15, 0.2) is 42.5 Å². The summed E-state index contributed by atoms with van der Waals surface area (Å²) in [5, 5.41) is 0. The van der Waals surface area contributed by atoms with Crippen molar-refractivity contribution in [3.63, 3.8) is 0 Å². The van der Waals surface area contributed by atoms with E-state index in [1.54, 1.807) is 24.1 Å². The highest BCUT2D eigenvalue weighted by atomic mass is 16.5. The third kappa shape index (κ3) is 2.82. The molecule has 1 aromatic carbocycles. The standard InChI is InChI=1S/C18H18N2O3/c1-20(16-11-10-12-6-3-4-7-13(12)16)17(21)14-8-5-9-15(19-14)18(22)23-2/h3-9,16H,10-11H2,1-2H3/t16-/m1/s1. The fourth-order valence-corrected chi connectivity index (χ4v) is 3.03. The number of benzene rings is 1. The van der Waals surface area contributed by atoms with Gasteiger partial charge in [0, 0.05) is 7.05 Å². The van der Waals surface area contributed by atoms with Crippen LogP contribution in [-0.2, 0) is 11.2 Å². The molecule has 2 aromatic rings. The van der Waals surface area contributed by atoms with Crippen LogP contribution < -0.4 is 0 Å². The van der Waals surface area contributed by atoms with Crippen molar-refractivity contribution in [2.24, 2.45) is 0 Å². The molecule has 23 heavy (non-hydrogen) atoms. The molecule has 3 rings (SSSR count). The number of hydrogen-bond acceptors (Lipinski definition) is 4. The number of aryl methyl sites for hydroxylation is 1. The average molecular weight is 310 g/mol. The first kappa shape index (κ1) is 15.2. The van der Waals surface area contributed by atoms with E-state index in [1.807, 2.05) is 12.1 Å². The molecule has 1 atom stereocenters. The Morgan fingerprint density at radius 2 is 1.87 bits per heavy atom. The van der Waals surface area contributed by atoms with Crippen LogP contribution in [0.3, 0.4) is 0 Å². The first-order chi connectivity index (χ1) is 11.1. The summed E-state index contributed by atoms with van der Waals surface area (Å²) in [5.41, 5.74) is 2.86. The van der Waals surface area contributed by atoms with Crippen LogP contribution in [0.5, 0.6) is 0 Å². The largest absolute Gasteiger partial charge is 0.464 e. The van der Waals surface area contributed by atoms with Crippen molar-refractivity contribution in [3.8, 4) is 0 Å². The predicted molar refractivity (Wildman–Crippen MR) is 85.2 cm³/mol. The zero-order valence-corrected chi connectivity index (χ0v) is 13.2. The number of fused-ring (bicyclic) bond motifs is 1. The van der Waals surface area contributed by atoms with Gasteiger partial charge in [-0.25, -0.2) is 9.78 Å². The Hall–Kier alpha value is -2.69. The molecule has 0 saturated carbocycles. The van der Waals surface area contributed by atoms with E-state index in [4.69, 9.17) is 0 Å². The molecule has 1 heterocycles. The summed E-state index contributed by atoms with van der Waals surface area (Å²) in [6.07, 6.45) is 1.87. The molecule has 1 amide bonds. The van der Waals surface area contributed by atoms with E-state index in [2.05, 4.69) is 21.9 Å². The summed E-state index contributed by atoms with van der Waals surface area (Å²) in [6, 6.07) is 13.0. The number of pyridine rings is 1. The van der Waals surface area contributed by atoms with Gasteiger partial charge in [0.25, 0.3) is 5.91 Å². The van der Waals surface area contributed by atoms with Crippen molar-refractivity contribution in [1.29, 1.82) is 0 Å². The number of esters is 1. The van der Waals surface area contributed by atoms with Gasteiger partial charge in [0.2, 0.25) is 0 Å². The first-order valence-corrected chi connectivity index (χ1v) is 7.52. The maximum Gasteiger partial charge on any atom is 0.356 e. The molecule has 1 aromatic heterocycles. The van der Waals surface area contributed by atoms with Crippen molar-refractivity contribution in [3.05, 3.63) is 65.0 Å². The Morgan fingerprint density at radius 1 is 1.13 bits per heavy atom. The highest BCUT2D eigenvalue weighted by molar-refractivity contribution is 5.94. The van der Waals surface area contributed by atoms with Gasteiger partial charge in [0.1, 0.15) is 11.4 Å². The number of carbonyl (C=O) groups is 2. The minimum Gasteiger partial charge on any atom is -0.464 e. The molecule has 0 saturated heterocycles. The molecule has 5 nitrogen and oxygen atoms in total. The number of aromatic nitrogens is 1. The van der Waals surface area contributed by atoms with E-state index >= 15 is 0 Å². The van der Waals surface area contributed by atoms with Gasteiger partial charge in [-0.1, -0.05) is 30.3 Å². The molecule has 0 spiro atoms. The van der Waals surface area contributed by atoms with Crippen molar-refractivity contribution < 1.29 is 14.3 Å². The normalized spacial score (nSPS) is 15.8. The summed E-state index contributed by atoms with van der Waals surface area (Å²) in [4.78, 5) is 30.1. The lowest BCUT2D eigenvalue weighted by atomic mass is 10.1. The van der Waals surface area contributed by atoms with Crippen LogP contribution >= 0.6 is 0 Å². The molecular formula is C18H18N2O3. The number of hydrogen-bond donors (Lipinski definition) is 0. The van der Waals surface area contributed by atoms with Gasteiger partial charge < -0.3 is 9.64 Å². The summed E-state index contributed by atoms with van der Waals surface area (Å²) in [5.74, 6) is -0.744. The van der Waals surface area contributed by atoms with Crippen LogP contribution in [0.4, 0.5) is 0 Å². The van der Waals surface area contributed by atoms with Gasteiger partial charge in [-0.15, -0.1) is 0 Å². The summed E-state index contributed by atoms with van der Waals surface area (Å²) in [7, 11) is 3.07. The molecule has 118 valence electrons. The molecule has 0 aliphatic heterocycles. The third-order valence-electron chi connectivity index (χ3n) is 4.25. The number of carbonyl (C=O) groups excluding carboxylic acids is 2. The fourth-order valence-electron chi connectivity index (χ4n) is 3.03. The first-order valence-electron chi connectivity index (χ1n) is 7.52. The molecule has 1 aliphatic rings. The van der Waals surface area contributed by atoms with Gasteiger partial charge in [-0.3, -0.25) is 4.79 Å². The number of nitrogens with zero attached hydrogens (tertiary/aromatic N) is 2. The van der Waals surface area contributed by atoms with Crippen LogP contribution in [0, 0.1) is 0 Å². The van der Waals surface area contributed by atoms with E-state index in [0.717, 1.165) is 12.8 Å². The molecule has 5 heteroatoms. The van der Waals surface area contributed by atoms with E-state index in [-0.39, 0.29) is 23.3 Å². The Balaban J connectivity index is 1.85. The molecular weight excluding hydrogens is 292 g/mol. The number of rotatable bonds is 3. The van der Waals surface area contributed by atoms with Crippen LogP contribution in [0.25, 0.3) is 0 Å². The summed E-state index contributed by atoms with van der Waals surface area (Å²) in [6.45, 7) is 0. The zero-order chi connectivity index (χ0) is 16.4. The Labute approximate surface area is 134 Å². The smallest absolute Gasteiger partial charge is 0.356 e. The van der Waals surface area contributed by atoms with Crippen molar-refractivity contribution >= 4 is 11.9 Å². The van der Waals surface area contributed by atoms with Crippen molar-refractivity contribution in [2.45, 2.75) is 18.9 Å². The number of methoxy groups -OCH3 is 1. The minimum atomic E-state index is -0.548. The number of amides is 1. The third-order valence-corrected chi connectivity index (χ3v) is 4.25. The maximum atomic E-state index is 12.7. The highest BCUT2D eigenvalue weighted by Crippen LogP contribution is 2.35. The lowest BCUT2D eigenvalue weighted by Gasteiger charge is -2.25. The lowest BCUT2D eigenvalue weighted by molar-refractivity contribution is 0.0593. The lowest BCUT2D eigenvalue weighted by Crippen LogP contribution is -2.31. The van der Waals surface area contributed by atoms with Crippen molar-refractivity contribution in [2.75, 3.05) is 14.2 Å². The van der Waals surface area contributed by atoms with Gasteiger partial charge >= 0.3 is 5.97 Å². The monoisotopic (exact) mass is 310 g/mol. The topological polar surface area (TPSA) is 59.5 Å². The van der Waals surface area contributed by atoms with Gasteiger partial charge in [0.05, 0.1) is 13.2 Å². The number of ether oxygens (including phenoxy) is 1. The fraction of sp³-hybridized carbons (Fsp3) is 0.278. The van der Waals surface area contributed by atoms with E-state index < -0.39 is 5.97 Å². The summed E-state index contributed by atoms with van der Waals surface area (Å²) >= 11 is 0. The van der Waals surface area contributed by atoms with E-state index in [0.29, 0.717) is 0 Å². The average Bonchev–Trinajstić information content (AvgIpc) is 3.04. The van der Waals surface area contributed by atoms with Crippen LogP contribution in [0.1, 0.15) is 44.6 Å². The zero-order valence-electron chi connectivity index (χ0n) is 13.2. The predicted octanol–water partition coefficient (Wildman–Crippen LogP) is 2.63. The van der Waals surface area contributed by atoms with Gasteiger partial charge in [-0.2, -0.15) is 0 Å². The SMILES string of the molecule is COC(=O)c1cccc(C(=O)N(C)[C@@H]2CCc3ccccc32)n1. The van der Waals surface area contributed by atoms with E-state index in [1.165, 1.54) is 24.3 Å². The van der Waals surface area contributed by atoms with Crippen molar-refractivity contribution in [1.82, 2.24) is 9.88 Å². The molecule has 0 fully saturated rings. The minimum absolute atomic E-state index is 0.0438. The second-order valence-corrected chi connectivity index (χ2v) is 5.57. The highest BCUT2D eigenvalue weighted by Gasteiger charge is 2.29. The quantitative estimate of drug-likeness (QED) is 0.818. The second kappa shape index (κ2) is 6.20. The molecule has 0 radical (unpaired) electrons. The molecule has 0 bridgehead atoms. The Bertz CT molecular complexity index is 757. The van der Waals surface area contributed by atoms with Gasteiger partial charge in [0.15, 0.2) is 0 Å². The summed E-state index contributed by atoms with van der Waals surface area (Å²) < 4.78 is 4.65. The Kier molecular flexibility index (Phi) is 4.10. The van der Waals surface area contributed by atoms with Crippen LogP contribution in [-0.4, -0.2) is 35.9 Å². The Morgan fingerprint density at radius 3 is 2.65 bits per heavy atom. The van der Waals surface area contributed by atoms with Crippen LogP contribution in [0.2, 0.25) is 0 Å².